The highest BCUT2D eigenvalue weighted by Crippen LogP contribution is 2.48. The molecular weight excluding hydrogens is 603 g/mol. The quantitative estimate of drug-likeness (QED) is 0.298. The maximum Gasteiger partial charge on any atom is 0.319 e. The third kappa shape index (κ3) is 5.41. The van der Waals surface area contributed by atoms with Crippen LogP contribution in [-0.2, 0) is 34.5 Å². The molecule has 13 heteroatoms. The van der Waals surface area contributed by atoms with Gasteiger partial charge in [-0.2, -0.15) is 15.2 Å². The van der Waals surface area contributed by atoms with Crippen LogP contribution in [-0.4, -0.2) is 77.8 Å². The number of aryl methyl sites for hydroxylation is 2. The molecule has 4 aliphatic heterocycles. The van der Waals surface area contributed by atoms with Crippen LogP contribution in [0.15, 0.2) is 22.7 Å². The second-order valence-corrected chi connectivity index (χ2v) is 13.6. The Bertz CT molecular complexity index is 1710. The van der Waals surface area contributed by atoms with Crippen molar-refractivity contribution in [2.75, 3.05) is 56.8 Å². The van der Waals surface area contributed by atoms with E-state index in [0.717, 1.165) is 72.6 Å². The molecule has 2 unspecified atom stereocenters. The van der Waals surface area contributed by atoms with Crippen molar-refractivity contribution in [1.29, 1.82) is 5.26 Å². The van der Waals surface area contributed by atoms with Gasteiger partial charge < -0.3 is 29.3 Å². The minimum atomic E-state index is -0.845. The lowest BCUT2D eigenvalue weighted by molar-refractivity contribution is -0.0856. The van der Waals surface area contributed by atoms with Gasteiger partial charge in [-0.3, -0.25) is 10.2 Å². The zero-order valence-electron chi connectivity index (χ0n) is 26.8. The zero-order chi connectivity index (χ0) is 32.2. The lowest BCUT2D eigenvalue weighted by Gasteiger charge is -2.43. The largest absolute Gasteiger partial charge is 0.447 e. The molecule has 3 N–H and O–H groups in total. The minimum absolute atomic E-state index is 0.0407. The van der Waals surface area contributed by atoms with Crippen LogP contribution in [0, 0.1) is 18.3 Å². The van der Waals surface area contributed by atoms with Gasteiger partial charge in [-0.1, -0.05) is 6.07 Å². The van der Waals surface area contributed by atoms with E-state index in [1.807, 2.05) is 19.1 Å². The molecule has 6 heterocycles. The average molecular weight is 645 g/mol. The summed E-state index contributed by atoms with van der Waals surface area (Å²) < 4.78 is 39.4. The number of nitrogen functional groups attached to an aromatic ring is 1. The molecule has 12 nitrogen and oxygen atoms in total. The number of nitrogens with zero attached hydrogens (tertiary/aromatic N) is 6. The standard InChI is InChI=1S/C34H41FN8O4/c1-21-38-15-29(47-21)23-16-42(10-11-44-18-23)31-26-19-46-33(7-2-4-22-5-6-27(37)25(14-36)30(22)33)13-28(26)40-32(41-31)45-20-39-34-8-3-9-43(34)17-24(35)12-34/h5-6,15,23-24,39H,2-4,7-13,16-20,37H2,1H3/t23?,24-,33+,34?/m1/s1. The molecule has 3 aromatic rings. The van der Waals surface area contributed by atoms with E-state index in [1.165, 1.54) is 0 Å². The van der Waals surface area contributed by atoms with Crippen LogP contribution in [0.5, 0.6) is 6.01 Å². The van der Waals surface area contributed by atoms with Gasteiger partial charge >= 0.3 is 6.01 Å². The first-order valence-electron chi connectivity index (χ1n) is 16.7. The topological polar surface area (TPSA) is 148 Å². The van der Waals surface area contributed by atoms with E-state index in [4.69, 9.17) is 34.3 Å². The fourth-order valence-corrected chi connectivity index (χ4v) is 8.52. The van der Waals surface area contributed by atoms with E-state index >= 15 is 0 Å². The Hall–Kier alpha value is -3.83. The third-order valence-corrected chi connectivity index (χ3v) is 10.7. The Balaban J connectivity index is 1.14. The molecule has 1 aliphatic carbocycles. The molecule has 0 bridgehead atoms. The Morgan fingerprint density at radius 2 is 2.13 bits per heavy atom. The number of aromatic nitrogens is 3. The molecular formula is C34H41FN8O4. The smallest absolute Gasteiger partial charge is 0.319 e. The van der Waals surface area contributed by atoms with E-state index in [1.54, 1.807) is 6.20 Å². The van der Waals surface area contributed by atoms with Gasteiger partial charge in [0.15, 0.2) is 5.89 Å². The summed E-state index contributed by atoms with van der Waals surface area (Å²) in [7, 11) is 0. The number of anilines is 2. The number of nitrogens with one attached hydrogen (secondary N) is 1. The van der Waals surface area contributed by atoms with Gasteiger partial charge in [0.2, 0.25) is 0 Å². The number of nitriles is 1. The second-order valence-electron chi connectivity index (χ2n) is 13.6. The van der Waals surface area contributed by atoms with Crippen LogP contribution >= 0.6 is 0 Å². The molecule has 0 radical (unpaired) electrons. The molecule has 1 aromatic carbocycles. The SMILES string of the molecule is Cc1ncc(C2COCCN(c3nc(OCNC45CCCN4C[C@H](F)C5)nc4c3CO[C@@]3(CCCc5ccc(N)c(C#N)c53)C4)C2)o1. The first-order chi connectivity index (χ1) is 22.9. The number of oxazole rings is 1. The first kappa shape index (κ1) is 30.5. The van der Waals surface area contributed by atoms with Crippen LogP contribution < -0.4 is 20.7 Å². The highest BCUT2D eigenvalue weighted by Gasteiger charge is 2.49. The number of hydrogen-bond acceptors (Lipinski definition) is 12. The van der Waals surface area contributed by atoms with Crippen molar-refractivity contribution >= 4 is 11.5 Å². The summed E-state index contributed by atoms with van der Waals surface area (Å²) in [6.45, 7) is 5.86. The summed E-state index contributed by atoms with van der Waals surface area (Å²) in [4.78, 5) is 18.7. The van der Waals surface area contributed by atoms with Crippen molar-refractivity contribution in [3.8, 4) is 12.1 Å². The molecule has 47 heavy (non-hydrogen) atoms. The lowest BCUT2D eigenvalue weighted by atomic mass is 9.72. The maximum atomic E-state index is 14.4. The number of benzene rings is 1. The number of ether oxygens (including phenoxy) is 3. The number of alkyl halides is 1. The van der Waals surface area contributed by atoms with Gasteiger partial charge in [0.25, 0.3) is 0 Å². The van der Waals surface area contributed by atoms with Gasteiger partial charge in [-0.05, 0) is 43.7 Å². The minimum Gasteiger partial charge on any atom is -0.447 e. The monoisotopic (exact) mass is 644 g/mol. The molecule has 0 amide bonds. The molecule has 3 fully saturated rings. The van der Waals surface area contributed by atoms with Gasteiger partial charge in [-0.25, -0.2) is 9.37 Å². The van der Waals surface area contributed by atoms with Gasteiger partial charge in [0.05, 0.1) is 48.9 Å². The van der Waals surface area contributed by atoms with Crippen molar-refractivity contribution in [2.24, 2.45) is 0 Å². The Labute approximate surface area is 273 Å². The average Bonchev–Trinajstić information content (AvgIpc) is 3.68. The van der Waals surface area contributed by atoms with Crippen LogP contribution in [0.1, 0.15) is 77.6 Å². The third-order valence-electron chi connectivity index (χ3n) is 10.7. The van der Waals surface area contributed by atoms with Crippen LogP contribution in [0.2, 0.25) is 0 Å². The summed E-state index contributed by atoms with van der Waals surface area (Å²) in [5, 5.41) is 13.7. The van der Waals surface area contributed by atoms with E-state index in [9.17, 15) is 9.65 Å². The number of hydrogen-bond donors (Lipinski definition) is 2. The maximum absolute atomic E-state index is 14.4. The van der Waals surface area contributed by atoms with Gasteiger partial charge in [0.1, 0.15) is 36.2 Å². The first-order valence-corrected chi connectivity index (χ1v) is 16.7. The molecule has 2 aromatic heterocycles. The second kappa shape index (κ2) is 12.0. The van der Waals surface area contributed by atoms with Crippen LogP contribution in [0.3, 0.4) is 0 Å². The Kier molecular flexibility index (Phi) is 7.79. The van der Waals surface area contributed by atoms with E-state index in [0.29, 0.717) is 62.8 Å². The van der Waals surface area contributed by atoms with Crippen molar-refractivity contribution in [3.05, 3.63) is 57.9 Å². The zero-order valence-corrected chi connectivity index (χ0v) is 26.8. The van der Waals surface area contributed by atoms with Crippen molar-refractivity contribution in [1.82, 2.24) is 25.2 Å². The Morgan fingerprint density at radius 1 is 1.21 bits per heavy atom. The van der Waals surface area contributed by atoms with Gasteiger partial charge in [0, 0.05) is 62.8 Å². The molecule has 1 spiro atoms. The number of fused-ring (bicyclic) bond motifs is 4. The van der Waals surface area contributed by atoms with E-state index < -0.39 is 17.4 Å². The highest BCUT2D eigenvalue weighted by molar-refractivity contribution is 5.63. The molecule has 3 saturated heterocycles. The summed E-state index contributed by atoms with van der Waals surface area (Å²) in [6.07, 6.45) is 6.29. The molecule has 248 valence electrons. The predicted octanol–water partition coefficient (Wildman–Crippen LogP) is 3.61. The van der Waals surface area contributed by atoms with Crippen LogP contribution in [0.25, 0.3) is 0 Å². The molecule has 4 atom stereocenters. The summed E-state index contributed by atoms with van der Waals surface area (Å²) in [5.41, 5.74) is 9.86. The molecule has 8 rings (SSSR count). The number of nitrogens with two attached hydrogens (primary N) is 1. The van der Waals surface area contributed by atoms with Crippen molar-refractivity contribution in [3.63, 3.8) is 0 Å². The number of rotatable bonds is 6. The van der Waals surface area contributed by atoms with E-state index in [2.05, 4.69) is 26.2 Å². The predicted molar refractivity (Wildman–Crippen MR) is 169 cm³/mol. The summed E-state index contributed by atoms with van der Waals surface area (Å²) in [5.74, 6) is 2.09. The highest BCUT2D eigenvalue weighted by atomic mass is 19.1. The fourth-order valence-electron chi connectivity index (χ4n) is 8.52. The molecule has 5 aliphatic rings. The summed E-state index contributed by atoms with van der Waals surface area (Å²) >= 11 is 0. The van der Waals surface area contributed by atoms with Crippen molar-refractivity contribution < 1.29 is 23.0 Å². The summed E-state index contributed by atoms with van der Waals surface area (Å²) in [6, 6.07) is 6.45. The fraction of sp³-hybridized carbons (Fsp3) is 0.588. The van der Waals surface area contributed by atoms with E-state index in [-0.39, 0.29) is 25.3 Å². The lowest BCUT2D eigenvalue weighted by Crippen LogP contribution is -2.52. The molecule has 0 saturated carbocycles. The van der Waals surface area contributed by atoms with Gasteiger partial charge in [-0.15, -0.1) is 0 Å². The normalized spacial score (nSPS) is 28.8. The van der Waals surface area contributed by atoms with Crippen molar-refractivity contribution in [2.45, 2.75) is 81.8 Å². The number of halogens is 1. The Morgan fingerprint density at radius 3 is 2.98 bits per heavy atom. The van der Waals surface area contributed by atoms with Crippen LogP contribution in [0.4, 0.5) is 15.9 Å².